The van der Waals surface area contributed by atoms with Gasteiger partial charge in [0.1, 0.15) is 23.9 Å². The minimum atomic E-state index is -0.358. The lowest BCUT2D eigenvalue weighted by atomic mass is 9.81. The quantitative estimate of drug-likeness (QED) is 0.239. The molecule has 4 nitrogen and oxygen atoms in total. The summed E-state index contributed by atoms with van der Waals surface area (Å²) < 4.78 is 31.2. The van der Waals surface area contributed by atoms with Crippen LogP contribution in [0.2, 0.25) is 0 Å². The van der Waals surface area contributed by atoms with Gasteiger partial charge in [-0.3, -0.25) is 4.79 Å². The molecule has 0 amide bonds. The molecule has 0 aromatic heterocycles. The Morgan fingerprint density at radius 1 is 1.00 bits per heavy atom. The van der Waals surface area contributed by atoms with E-state index < -0.39 is 0 Å². The molecule has 0 aliphatic rings. The van der Waals surface area contributed by atoms with Crippen molar-refractivity contribution in [2.75, 3.05) is 13.7 Å². The second-order valence-electron chi connectivity index (χ2n) is 9.56. The van der Waals surface area contributed by atoms with E-state index in [1.165, 1.54) is 6.07 Å². The van der Waals surface area contributed by atoms with Gasteiger partial charge in [0.15, 0.2) is 0 Å². The molecule has 0 N–H and O–H groups in total. The minimum Gasteiger partial charge on any atom is -0.497 e. The highest BCUT2D eigenvalue weighted by molar-refractivity contribution is 5.72. The molecule has 0 fully saturated rings. The van der Waals surface area contributed by atoms with Crippen molar-refractivity contribution in [3.05, 3.63) is 83.2 Å². The number of hydrogen-bond donors (Lipinski definition) is 0. The first kappa shape index (κ1) is 26.8. The Hall–Kier alpha value is -3.78. The van der Waals surface area contributed by atoms with Gasteiger partial charge in [-0.2, -0.15) is 0 Å². The number of esters is 1. The van der Waals surface area contributed by atoms with Crippen LogP contribution in [0, 0.1) is 18.2 Å². The van der Waals surface area contributed by atoms with Crippen molar-refractivity contribution in [2.45, 2.75) is 52.1 Å². The van der Waals surface area contributed by atoms with Gasteiger partial charge in [0.05, 0.1) is 26.1 Å². The molecular weight excluding hydrogens is 455 g/mol. The maximum absolute atomic E-state index is 14.9. The van der Waals surface area contributed by atoms with E-state index >= 15 is 0 Å². The Kier molecular flexibility index (Phi) is 8.77. The fraction of sp³-hybridized carbons (Fsp3) is 0.323. The summed E-state index contributed by atoms with van der Waals surface area (Å²) in [7, 11) is 1.57. The lowest BCUT2D eigenvalue weighted by Gasteiger charge is -2.24. The van der Waals surface area contributed by atoms with Crippen LogP contribution in [0.3, 0.4) is 0 Å². The molecular formula is C31H33FO4. The number of rotatable bonds is 9. The molecule has 0 radical (unpaired) electrons. The zero-order valence-electron chi connectivity index (χ0n) is 21.6. The summed E-state index contributed by atoms with van der Waals surface area (Å²) in [5, 5.41) is 0. The van der Waals surface area contributed by atoms with Crippen molar-refractivity contribution in [3.8, 4) is 35.0 Å². The van der Waals surface area contributed by atoms with Crippen LogP contribution in [0.5, 0.6) is 11.5 Å². The van der Waals surface area contributed by atoms with Crippen molar-refractivity contribution in [1.82, 2.24) is 0 Å². The van der Waals surface area contributed by atoms with Crippen LogP contribution in [0.4, 0.5) is 4.39 Å². The molecule has 3 rings (SSSR count). The first-order valence-electron chi connectivity index (χ1n) is 12.0. The van der Waals surface area contributed by atoms with Crippen molar-refractivity contribution in [1.29, 1.82) is 0 Å². The van der Waals surface area contributed by atoms with Crippen LogP contribution in [-0.4, -0.2) is 19.7 Å². The summed E-state index contributed by atoms with van der Waals surface area (Å²) in [6, 6.07) is 18.2. The summed E-state index contributed by atoms with van der Waals surface area (Å²) in [6.07, 6.45) is 5.77. The van der Waals surface area contributed by atoms with Gasteiger partial charge in [0.2, 0.25) is 0 Å². The van der Waals surface area contributed by atoms with E-state index in [1.54, 1.807) is 26.2 Å². The van der Waals surface area contributed by atoms with E-state index in [0.717, 1.165) is 22.3 Å². The third kappa shape index (κ3) is 6.66. The van der Waals surface area contributed by atoms with E-state index in [1.807, 2.05) is 42.5 Å². The van der Waals surface area contributed by atoms with Gasteiger partial charge in [0.25, 0.3) is 0 Å². The number of ether oxygens (including phenoxy) is 3. The molecule has 5 heteroatoms. The molecule has 188 valence electrons. The van der Waals surface area contributed by atoms with E-state index in [9.17, 15) is 9.18 Å². The maximum Gasteiger partial charge on any atom is 0.307 e. The Bertz CT molecular complexity index is 1230. The standard InChI is InChI=1S/C31H33FO4/c1-7-22(18-30(33)35-8-2)23-10-12-24(13-11-23)36-20-21-9-15-28(31(3,4)5)26(17-21)27-19-25(34-6)14-16-29(27)32/h1,9-17,19,22H,8,18,20H2,2-6H3/t22-/m1/s1. The lowest BCUT2D eigenvalue weighted by molar-refractivity contribution is -0.143. The molecule has 3 aromatic rings. The number of hydrogen-bond acceptors (Lipinski definition) is 4. The van der Waals surface area contributed by atoms with Gasteiger partial charge >= 0.3 is 5.97 Å². The van der Waals surface area contributed by atoms with Crippen LogP contribution in [0.1, 0.15) is 56.7 Å². The maximum atomic E-state index is 14.9. The van der Waals surface area contributed by atoms with Gasteiger partial charge in [-0.1, -0.05) is 51.0 Å². The summed E-state index contributed by atoms with van der Waals surface area (Å²) >= 11 is 0. The van der Waals surface area contributed by atoms with Gasteiger partial charge in [-0.25, -0.2) is 4.39 Å². The van der Waals surface area contributed by atoms with Crippen LogP contribution < -0.4 is 9.47 Å². The second kappa shape index (κ2) is 11.8. The van der Waals surface area contributed by atoms with E-state index in [2.05, 4.69) is 26.7 Å². The van der Waals surface area contributed by atoms with Crippen LogP contribution in [-0.2, 0) is 21.6 Å². The second-order valence-corrected chi connectivity index (χ2v) is 9.56. The monoisotopic (exact) mass is 488 g/mol. The first-order chi connectivity index (χ1) is 17.2. The fourth-order valence-corrected chi connectivity index (χ4v) is 4.02. The van der Waals surface area contributed by atoms with Crippen molar-refractivity contribution >= 4 is 5.97 Å². The zero-order chi connectivity index (χ0) is 26.3. The summed E-state index contributed by atoms with van der Waals surface area (Å²) in [5.41, 5.74) is 3.91. The molecule has 0 saturated carbocycles. The third-order valence-corrected chi connectivity index (χ3v) is 5.92. The van der Waals surface area contributed by atoms with Gasteiger partial charge in [0, 0.05) is 5.56 Å². The molecule has 1 atom stereocenters. The first-order valence-corrected chi connectivity index (χ1v) is 12.0. The van der Waals surface area contributed by atoms with Crippen LogP contribution in [0.15, 0.2) is 60.7 Å². The van der Waals surface area contributed by atoms with Crippen LogP contribution in [0.25, 0.3) is 11.1 Å². The number of halogens is 1. The summed E-state index contributed by atoms with van der Waals surface area (Å²) in [4.78, 5) is 11.8. The van der Waals surface area contributed by atoms with Crippen molar-refractivity contribution in [2.24, 2.45) is 0 Å². The number of terminal acetylenes is 1. The van der Waals surface area contributed by atoms with E-state index in [0.29, 0.717) is 30.3 Å². The van der Waals surface area contributed by atoms with Crippen LogP contribution >= 0.6 is 0 Å². The van der Waals surface area contributed by atoms with E-state index in [-0.39, 0.29) is 29.5 Å². The number of carbonyl (C=O) groups is 1. The molecule has 0 unspecified atom stereocenters. The molecule has 0 spiro atoms. The lowest BCUT2D eigenvalue weighted by Crippen LogP contribution is -2.13. The average Bonchev–Trinajstić information content (AvgIpc) is 2.86. The molecule has 0 heterocycles. The van der Waals surface area contributed by atoms with Crippen molar-refractivity contribution < 1.29 is 23.4 Å². The molecule has 3 aromatic carbocycles. The Morgan fingerprint density at radius 3 is 2.31 bits per heavy atom. The van der Waals surface area contributed by atoms with Gasteiger partial charge in [-0.05, 0) is 71.0 Å². The highest BCUT2D eigenvalue weighted by atomic mass is 19.1. The number of benzene rings is 3. The van der Waals surface area contributed by atoms with Crippen molar-refractivity contribution in [3.63, 3.8) is 0 Å². The fourth-order valence-electron chi connectivity index (χ4n) is 4.02. The largest absolute Gasteiger partial charge is 0.497 e. The number of carbonyl (C=O) groups excluding carboxylic acids is 1. The Balaban J connectivity index is 1.81. The molecule has 0 saturated heterocycles. The number of methoxy groups -OCH3 is 1. The SMILES string of the molecule is C#C[C@H](CC(=O)OCC)c1ccc(OCc2ccc(C(C)(C)C)c(-c3cc(OC)ccc3F)c2)cc1. The van der Waals surface area contributed by atoms with Gasteiger partial charge in [-0.15, -0.1) is 6.42 Å². The molecule has 0 aliphatic heterocycles. The minimum absolute atomic E-state index is 0.133. The third-order valence-electron chi connectivity index (χ3n) is 5.92. The predicted molar refractivity (Wildman–Crippen MR) is 141 cm³/mol. The highest BCUT2D eigenvalue weighted by Gasteiger charge is 2.21. The molecule has 36 heavy (non-hydrogen) atoms. The summed E-state index contributed by atoms with van der Waals surface area (Å²) in [5.74, 6) is 2.94. The highest BCUT2D eigenvalue weighted by Crippen LogP contribution is 2.37. The predicted octanol–water partition coefficient (Wildman–Crippen LogP) is 7.05. The summed E-state index contributed by atoms with van der Waals surface area (Å²) in [6.45, 7) is 8.71. The van der Waals surface area contributed by atoms with Gasteiger partial charge < -0.3 is 14.2 Å². The Morgan fingerprint density at radius 2 is 1.69 bits per heavy atom. The molecule has 0 bridgehead atoms. The Labute approximate surface area is 213 Å². The molecule has 0 aliphatic carbocycles. The smallest absolute Gasteiger partial charge is 0.307 e. The van der Waals surface area contributed by atoms with E-state index in [4.69, 9.17) is 20.6 Å². The average molecular weight is 489 g/mol. The normalized spacial score (nSPS) is 11.9. The zero-order valence-corrected chi connectivity index (χ0v) is 21.6. The topological polar surface area (TPSA) is 44.8 Å².